The zero-order valence-corrected chi connectivity index (χ0v) is 26.9. The predicted octanol–water partition coefficient (Wildman–Crippen LogP) is 4.38. The van der Waals surface area contributed by atoms with Gasteiger partial charge in [0.15, 0.2) is 0 Å². The van der Waals surface area contributed by atoms with Crippen LogP contribution in [-0.4, -0.2) is 79.7 Å². The van der Waals surface area contributed by atoms with Crippen molar-refractivity contribution in [1.82, 2.24) is 28.9 Å². The van der Waals surface area contributed by atoms with Crippen molar-refractivity contribution in [3.05, 3.63) is 69.0 Å². The number of imidazole rings is 2. The molecule has 2 saturated heterocycles. The van der Waals surface area contributed by atoms with Gasteiger partial charge in [0.05, 0.1) is 27.7 Å². The highest BCUT2D eigenvalue weighted by Gasteiger charge is 2.33. The van der Waals surface area contributed by atoms with Gasteiger partial charge in [-0.15, -0.1) is 0 Å². The van der Waals surface area contributed by atoms with E-state index < -0.39 is 23.1 Å². The summed E-state index contributed by atoms with van der Waals surface area (Å²) in [7, 11) is 0. The number of fused-ring (bicyclic) bond motifs is 2. The quantitative estimate of drug-likeness (QED) is 0.287. The first kappa shape index (κ1) is 33.6. The fourth-order valence-corrected chi connectivity index (χ4v) is 6.49. The summed E-state index contributed by atoms with van der Waals surface area (Å²) >= 11 is 0. The number of nitrogens with one attached hydrogen (secondary N) is 2. The molecule has 0 saturated carbocycles. The number of rotatable bonds is 6. The Morgan fingerprint density at radius 2 is 1.57 bits per heavy atom. The number of aliphatic hydroxyl groups is 1. The number of halogens is 2. The maximum absolute atomic E-state index is 13.8. The van der Waals surface area contributed by atoms with Gasteiger partial charge in [-0.1, -0.05) is 0 Å². The standard InChI is InChI=1S/C23H33FN4O4.C10H11FN2O/c1-16(2)27-19-4-3-18(24)13-20(19)28(22(27)30)21(29)25-14-17-5-9-26(10-6-17)15-23(31)7-11-32-12-8-23;1-6(2)13-9-4-3-7(11)5-8(9)12-10(13)14/h3-4,13,16-17,31H,5-12,14-15H2,1-2H3,(H,25,29);3-6H,1-2H3,(H,12,14). The number of aromatic amines is 1. The fraction of sp³-hybridized carbons (Fsp3) is 0.545. The largest absolute Gasteiger partial charge is 0.388 e. The van der Waals surface area contributed by atoms with Crippen molar-refractivity contribution >= 4 is 28.1 Å². The molecule has 2 aliphatic heterocycles. The van der Waals surface area contributed by atoms with Gasteiger partial charge in [0.25, 0.3) is 0 Å². The molecule has 2 aromatic carbocycles. The van der Waals surface area contributed by atoms with Gasteiger partial charge in [-0.3, -0.25) is 9.13 Å². The van der Waals surface area contributed by atoms with Crippen molar-refractivity contribution in [1.29, 1.82) is 0 Å². The first-order chi connectivity index (χ1) is 21.9. The van der Waals surface area contributed by atoms with Crippen molar-refractivity contribution in [2.75, 3.05) is 39.4 Å². The molecule has 4 heterocycles. The van der Waals surface area contributed by atoms with Crippen LogP contribution in [0.25, 0.3) is 22.1 Å². The lowest BCUT2D eigenvalue weighted by Crippen LogP contribution is -2.49. The number of carbonyl (C=O) groups excluding carboxylic acids is 1. The van der Waals surface area contributed by atoms with Gasteiger partial charge in [0, 0.05) is 57.3 Å². The van der Waals surface area contributed by atoms with Crippen LogP contribution >= 0.6 is 0 Å². The molecule has 0 radical (unpaired) electrons. The van der Waals surface area contributed by atoms with E-state index in [0.29, 0.717) is 56.1 Å². The van der Waals surface area contributed by atoms with E-state index in [1.165, 1.54) is 34.9 Å². The second-order valence-electron chi connectivity index (χ2n) is 13.0. The zero-order chi connectivity index (χ0) is 33.2. The van der Waals surface area contributed by atoms with E-state index in [1.54, 1.807) is 10.6 Å². The molecule has 46 heavy (non-hydrogen) atoms. The van der Waals surface area contributed by atoms with Crippen LogP contribution in [0, 0.1) is 17.6 Å². The van der Waals surface area contributed by atoms with E-state index in [1.807, 2.05) is 27.7 Å². The van der Waals surface area contributed by atoms with Crippen molar-refractivity contribution in [3.8, 4) is 0 Å². The molecule has 6 rings (SSSR count). The molecule has 13 heteroatoms. The first-order valence-corrected chi connectivity index (χ1v) is 16.0. The second kappa shape index (κ2) is 13.9. The van der Waals surface area contributed by atoms with Gasteiger partial charge >= 0.3 is 17.4 Å². The molecule has 0 aliphatic carbocycles. The number of benzene rings is 2. The third kappa shape index (κ3) is 7.26. The summed E-state index contributed by atoms with van der Waals surface area (Å²) < 4.78 is 36.2. The minimum atomic E-state index is -0.666. The van der Waals surface area contributed by atoms with Crippen LogP contribution in [0.4, 0.5) is 13.6 Å². The normalized spacial score (nSPS) is 17.5. The van der Waals surface area contributed by atoms with Gasteiger partial charge < -0.3 is 25.0 Å². The molecule has 11 nitrogen and oxygen atoms in total. The average Bonchev–Trinajstić information content (AvgIpc) is 3.48. The predicted molar refractivity (Wildman–Crippen MR) is 172 cm³/mol. The Labute approximate surface area is 265 Å². The highest BCUT2D eigenvalue weighted by atomic mass is 19.1. The number of nitrogens with zero attached hydrogens (tertiary/aromatic N) is 4. The number of β-amino-alcohol motifs (C(OH)–C–C–N with tert-alkyl or cyclic N) is 1. The third-order valence-electron chi connectivity index (χ3n) is 8.94. The van der Waals surface area contributed by atoms with E-state index >= 15 is 0 Å². The molecule has 1 amide bonds. The number of ether oxygens (including phenoxy) is 1. The number of likely N-dealkylation sites (tertiary alicyclic amines) is 1. The molecule has 3 N–H and O–H groups in total. The van der Waals surface area contributed by atoms with E-state index in [-0.39, 0.29) is 29.1 Å². The van der Waals surface area contributed by atoms with Crippen molar-refractivity contribution in [2.45, 2.75) is 71.1 Å². The minimum Gasteiger partial charge on any atom is -0.388 e. The molecule has 2 fully saturated rings. The Kier molecular flexibility index (Phi) is 10.1. The number of piperidine rings is 1. The Morgan fingerprint density at radius 3 is 2.20 bits per heavy atom. The van der Waals surface area contributed by atoms with Gasteiger partial charge in [-0.05, 0) is 89.9 Å². The number of H-pyrrole nitrogens is 1. The summed E-state index contributed by atoms with van der Waals surface area (Å²) in [6, 6.07) is 7.76. The Balaban J connectivity index is 0.000000247. The van der Waals surface area contributed by atoms with Crippen LogP contribution in [-0.2, 0) is 4.74 Å². The number of hydrogen-bond donors (Lipinski definition) is 3. The van der Waals surface area contributed by atoms with E-state index in [4.69, 9.17) is 4.74 Å². The molecule has 2 aliphatic rings. The number of amides is 1. The van der Waals surface area contributed by atoms with Crippen molar-refractivity contribution in [3.63, 3.8) is 0 Å². The molecule has 250 valence electrons. The van der Waals surface area contributed by atoms with Gasteiger partial charge in [0.1, 0.15) is 11.6 Å². The van der Waals surface area contributed by atoms with Gasteiger partial charge in [-0.25, -0.2) is 27.7 Å². The van der Waals surface area contributed by atoms with Crippen LogP contribution in [0.2, 0.25) is 0 Å². The number of hydrogen-bond acceptors (Lipinski definition) is 6. The topological polar surface area (TPSA) is 127 Å². The maximum atomic E-state index is 13.8. The third-order valence-corrected chi connectivity index (χ3v) is 8.94. The summed E-state index contributed by atoms with van der Waals surface area (Å²) in [6.07, 6.45) is 3.15. The van der Waals surface area contributed by atoms with E-state index in [9.17, 15) is 28.3 Å². The number of aromatic nitrogens is 4. The molecule has 0 spiro atoms. The van der Waals surface area contributed by atoms with Crippen LogP contribution in [0.15, 0.2) is 46.0 Å². The lowest BCUT2D eigenvalue weighted by molar-refractivity contribution is -0.0829. The Hall–Kier alpha value is -3.81. The van der Waals surface area contributed by atoms with E-state index in [0.717, 1.165) is 36.0 Å². The second-order valence-corrected chi connectivity index (χ2v) is 13.0. The number of carbonyl (C=O) groups is 1. The average molecular weight is 643 g/mol. The van der Waals surface area contributed by atoms with Crippen LogP contribution < -0.4 is 16.7 Å². The lowest BCUT2D eigenvalue weighted by atomic mass is 9.91. The summed E-state index contributed by atoms with van der Waals surface area (Å²) in [5.74, 6) is -0.529. The Morgan fingerprint density at radius 1 is 0.957 bits per heavy atom. The smallest absolute Gasteiger partial charge is 0.337 e. The highest BCUT2D eigenvalue weighted by molar-refractivity contribution is 5.89. The minimum absolute atomic E-state index is 0.0710. The molecular formula is C33H44F2N6O5. The van der Waals surface area contributed by atoms with Crippen molar-refractivity contribution < 1.29 is 23.4 Å². The summed E-state index contributed by atoms with van der Waals surface area (Å²) in [5.41, 5.74) is 0.787. The Bertz CT molecular complexity index is 1790. The maximum Gasteiger partial charge on any atom is 0.337 e. The van der Waals surface area contributed by atoms with Crippen LogP contribution in [0.3, 0.4) is 0 Å². The molecule has 0 bridgehead atoms. The van der Waals surface area contributed by atoms with Crippen LogP contribution in [0.1, 0.15) is 65.5 Å². The van der Waals surface area contributed by atoms with Crippen LogP contribution in [0.5, 0.6) is 0 Å². The highest BCUT2D eigenvalue weighted by Crippen LogP contribution is 2.25. The summed E-state index contributed by atoms with van der Waals surface area (Å²) in [6.45, 7) is 11.6. The van der Waals surface area contributed by atoms with Gasteiger partial charge in [-0.2, -0.15) is 0 Å². The molecule has 4 aromatic rings. The fourth-order valence-electron chi connectivity index (χ4n) is 6.49. The summed E-state index contributed by atoms with van der Waals surface area (Å²) in [5, 5.41) is 13.6. The SMILES string of the molecule is CC(C)n1c(=O)[nH]c2cc(F)ccc21.CC(C)n1c(=O)n(C(=O)NCC2CCN(CC3(O)CCOCC3)CC2)c2cc(F)ccc21. The van der Waals surface area contributed by atoms with Crippen molar-refractivity contribution in [2.24, 2.45) is 5.92 Å². The monoisotopic (exact) mass is 642 g/mol. The molecule has 0 atom stereocenters. The zero-order valence-electron chi connectivity index (χ0n) is 26.9. The lowest BCUT2D eigenvalue weighted by Gasteiger charge is -2.39. The molecule has 2 aromatic heterocycles. The van der Waals surface area contributed by atoms with Gasteiger partial charge in [0.2, 0.25) is 0 Å². The summed E-state index contributed by atoms with van der Waals surface area (Å²) in [4.78, 5) is 42.2. The van der Waals surface area contributed by atoms with E-state index in [2.05, 4.69) is 15.2 Å². The molecular weight excluding hydrogens is 598 g/mol. The molecule has 0 unspecified atom stereocenters. The first-order valence-electron chi connectivity index (χ1n) is 16.0.